The second-order valence-corrected chi connectivity index (χ2v) is 4.90. The zero-order chi connectivity index (χ0) is 14.7. The van der Waals surface area contributed by atoms with Crippen LogP contribution < -0.4 is 16.8 Å². The number of hydrogen-bond acceptors (Lipinski definition) is 4. The van der Waals surface area contributed by atoms with Gasteiger partial charge in [0.2, 0.25) is 0 Å². The van der Waals surface area contributed by atoms with Gasteiger partial charge >= 0.3 is 0 Å². The first-order valence-electron chi connectivity index (χ1n) is 6.40. The second-order valence-electron chi connectivity index (χ2n) is 4.90. The van der Waals surface area contributed by atoms with Crippen LogP contribution in [0.3, 0.4) is 0 Å². The highest BCUT2D eigenvalue weighted by atomic mass is 16.1. The van der Waals surface area contributed by atoms with Crippen LogP contribution in [0.15, 0.2) is 36.4 Å². The third-order valence-corrected chi connectivity index (χ3v) is 2.99. The summed E-state index contributed by atoms with van der Waals surface area (Å²) in [4.78, 5) is 15.3. The normalized spacial score (nSPS) is 10.6. The fourth-order valence-electron chi connectivity index (χ4n) is 1.82. The van der Waals surface area contributed by atoms with Crippen LogP contribution in [0, 0.1) is 0 Å². The van der Waals surface area contributed by atoms with E-state index in [4.69, 9.17) is 11.5 Å². The lowest BCUT2D eigenvalue weighted by atomic mass is 10.0. The van der Waals surface area contributed by atoms with Gasteiger partial charge in [0.05, 0.1) is 5.69 Å². The second kappa shape index (κ2) is 5.61. The Bertz CT molecular complexity index is 638. The van der Waals surface area contributed by atoms with Gasteiger partial charge in [-0.05, 0) is 35.7 Å². The van der Waals surface area contributed by atoms with E-state index in [1.807, 2.05) is 18.2 Å². The van der Waals surface area contributed by atoms with E-state index in [1.54, 1.807) is 6.07 Å². The molecule has 0 aliphatic carbocycles. The number of nitrogen functional groups attached to an aromatic ring is 1. The van der Waals surface area contributed by atoms with Gasteiger partial charge in [0, 0.05) is 5.69 Å². The summed E-state index contributed by atoms with van der Waals surface area (Å²) in [5, 5.41) is 3.12. The molecule has 104 valence electrons. The number of hydrogen-bond donors (Lipinski definition) is 3. The van der Waals surface area contributed by atoms with Gasteiger partial charge < -0.3 is 16.8 Å². The van der Waals surface area contributed by atoms with E-state index in [1.165, 1.54) is 11.6 Å². The smallest absolute Gasteiger partial charge is 0.267 e. The lowest BCUT2D eigenvalue weighted by Gasteiger charge is -2.12. The van der Waals surface area contributed by atoms with Crippen LogP contribution in [0.4, 0.5) is 17.2 Å². The molecule has 0 atom stereocenters. The number of aromatic nitrogens is 1. The van der Waals surface area contributed by atoms with Crippen molar-refractivity contribution in [2.24, 2.45) is 5.73 Å². The molecule has 5 heteroatoms. The Hall–Kier alpha value is -2.56. The third kappa shape index (κ3) is 3.06. The fourth-order valence-corrected chi connectivity index (χ4v) is 1.82. The lowest BCUT2D eigenvalue weighted by Crippen LogP contribution is -2.14. The summed E-state index contributed by atoms with van der Waals surface area (Å²) in [6.45, 7) is 4.25. The van der Waals surface area contributed by atoms with E-state index < -0.39 is 5.91 Å². The maximum Gasteiger partial charge on any atom is 0.267 e. The quantitative estimate of drug-likeness (QED) is 0.796. The van der Waals surface area contributed by atoms with E-state index >= 15 is 0 Å². The average Bonchev–Trinajstić information content (AvgIpc) is 2.41. The van der Waals surface area contributed by atoms with Gasteiger partial charge in [-0.2, -0.15) is 0 Å². The number of benzene rings is 1. The number of carbonyl (C=O) groups excluding carboxylic acids is 1. The molecule has 1 amide bonds. The molecule has 0 unspecified atom stereocenters. The maximum atomic E-state index is 11.2. The number of amides is 1. The Kier molecular flexibility index (Phi) is 3.89. The molecule has 1 heterocycles. The largest absolute Gasteiger partial charge is 0.396 e. The number of pyridine rings is 1. The van der Waals surface area contributed by atoms with Crippen LogP contribution in [0.5, 0.6) is 0 Å². The van der Waals surface area contributed by atoms with Crippen LogP contribution in [0.1, 0.15) is 35.8 Å². The molecule has 2 rings (SSSR count). The molecule has 1 aromatic carbocycles. The van der Waals surface area contributed by atoms with E-state index in [-0.39, 0.29) is 5.69 Å². The molecule has 0 fully saturated rings. The van der Waals surface area contributed by atoms with Crippen molar-refractivity contribution in [3.8, 4) is 0 Å². The van der Waals surface area contributed by atoms with E-state index in [0.717, 1.165) is 5.69 Å². The first kappa shape index (κ1) is 13.9. The molecule has 0 spiro atoms. The number of anilines is 3. The molecule has 0 saturated carbocycles. The Labute approximate surface area is 118 Å². The van der Waals surface area contributed by atoms with E-state index in [2.05, 4.69) is 30.2 Å². The molecule has 5 nitrogen and oxygen atoms in total. The van der Waals surface area contributed by atoms with Gasteiger partial charge in [-0.25, -0.2) is 4.98 Å². The zero-order valence-electron chi connectivity index (χ0n) is 11.6. The van der Waals surface area contributed by atoms with Crippen molar-refractivity contribution in [3.63, 3.8) is 0 Å². The maximum absolute atomic E-state index is 11.2. The number of nitrogens with one attached hydrogen (secondary N) is 1. The minimum Gasteiger partial charge on any atom is -0.396 e. The highest BCUT2D eigenvalue weighted by Crippen LogP contribution is 2.24. The predicted molar refractivity (Wildman–Crippen MR) is 81.0 cm³/mol. The Morgan fingerprint density at radius 3 is 2.65 bits per heavy atom. The van der Waals surface area contributed by atoms with E-state index in [9.17, 15) is 4.79 Å². The summed E-state index contributed by atoms with van der Waals surface area (Å²) >= 11 is 0. The molecule has 0 saturated heterocycles. The SMILES string of the molecule is CC(C)c1cccc(Nc2nc(C(N)=O)ccc2N)c1. The van der Waals surface area contributed by atoms with Crippen molar-refractivity contribution in [3.05, 3.63) is 47.7 Å². The highest BCUT2D eigenvalue weighted by molar-refractivity contribution is 5.92. The Morgan fingerprint density at radius 2 is 2.00 bits per heavy atom. The molecule has 2 aromatic rings. The topological polar surface area (TPSA) is 94.0 Å². The van der Waals surface area contributed by atoms with Crippen molar-refractivity contribution >= 4 is 23.1 Å². The first-order chi connectivity index (χ1) is 9.47. The third-order valence-electron chi connectivity index (χ3n) is 2.99. The molecule has 5 N–H and O–H groups in total. The Morgan fingerprint density at radius 1 is 1.25 bits per heavy atom. The van der Waals surface area contributed by atoms with Crippen LogP contribution in [0.2, 0.25) is 0 Å². The van der Waals surface area contributed by atoms with Crippen molar-refractivity contribution in [1.29, 1.82) is 0 Å². The van der Waals surface area contributed by atoms with Crippen LogP contribution >= 0.6 is 0 Å². The standard InChI is InChI=1S/C15H18N4O/c1-9(2)10-4-3-5-11(8-10)18-15-12(16)6-7-13(19-15)14(17)20/h3-9H,16H2,1-2H3,(H2,17,20)(H,18,19). The summed E-state index contributed by atoms with van der Waals surface area (Å²) in [5.41, 5.74) is 13.8. The highest BCUT2D eigenvalue weighted by Gasteiger charge is 2.08. The monoisotopic (exact) mass is 270 g/mol. The summed E-state index contributed by atoms with van der Waals surface area (Å²) < 4.78 is 0. The number of nitrogens with two attached hydrogens (primary N) is 2. The summed E-state index contributed by atoms with van der Waals surface area (Å²) in [7, 11) is 0. The fraction of sp³-hybridized carbons (Fsp3) is 0.200. The predicted octanol–water partition coefficient (Wildman–Crippen LogP) is 2.63. The van der Waals surface area contributed by atoms with E-state index in [0.29, 0.717) is 17.4 Å². The van der Waals surface area contributed by atoms with Crippen molar-refractivity contribution in [2.75, 3.05) is 11.1 Å². The number of primary amides is 1. The number of carbonyl (C=O) groups is 1. The Balaban J connectivity index is 2.32. The van der Waals surface area contributed by atoms with Crippen molar-refractivity contribution in [1.82, 2.24) is 4.98 Å². The lowest BCUT2D eigenvalue weighted by molar-refractivity contribution is 0.0996. The van der Waals surface area contributed by atoms with Gasteiger partial charge in [0.1, 0.15) is 5.69 Å². The van der Waals surface area contributed by atoms with Crippen LogP contribution in [-0.2, 0) is 0 Å². The summed E-state index contributed by atoms with van der Waals surface area (Å²) in [5.74, 6) is 0.283. The molecule has 0 radical (unpaired) electrons. The van der Waals surface area contributed by atoms with Crippen LogP contribution in [0.25, 0.3) is 0 Å². The molecule has 0 aliphatic heterocycles. The molecule has 20 heavy (non-hydrogen) atoms. The molecule has 0 bridgehead atoms. The van der Waals surface area contributed by atoms with Crippen LogP contribution in [-0.4, -0.2) is 10.9 Å². The summed E-state index contributed by atoms with van der Waals surface area (Å²) in [6.07, 6.45) is 0. The van der Waals surface area contributed by atoms with Gasteiger partial charge in [-0.15, -0.1) is 0 Å². The van der Waals surface area contributed by atoms with Gasteiger partial charge in [-0.1, -0.05) is 26.0 Å². The number of nitrogens with zero attached hydrogens (tertiary/aromatic N) is 1. The van der Waals surface area contributed by atoms with Crippen molar-refractivity contribution < 1.29 is 4.79 Å². The van der Waals surface area contributed by atoms with Gasteiger partial charge in [0.15, 0.2) is 5.82 Å². The zero-order valence-corrected chi connectivity index (χ0v) is 11.6. The summed E-state index contributed by atoms with van der Waals surface area (Å²) in [6, 6.07) is 11.1. The minimum atomic E-state index is -0.580. The molecule has 1 aromatic heterocycles. The number of rotatable bonds is 4. The molecular formula is C15H18N4O. The average molecular weight is 270 g/mol. The van der Waals surface area contributed by atoms with Crippen molar-refractivity contribution in [2.45, 2.75) is 19.8 Å². The minimum absolute atomic E-state index is 0.182. The van der Waals surface area contributed by atoms with Gasteiger partial charge in [-0.3, -0.25) is 4.79 Å². The molecule has 0 aliphatic rings. The van der Waals surface area contributed by atoms with Gasteiger partial charge in [0.25, 0.3) is 5.91 Å². The molecular weight excluding hydrogens is 252 g/mol. The first-order valence-corrected chi connectivity index (χ1v) is 6.40.